The largest absolute Gasteiger partial charge is 0.308 e. The molecule has 0 bridgehead atoms. The lowest BCUT2D eigenvalue weighted by Gasteiger charge is -2.11. The second kappa shape index (κ2) is 4.71. The van der Waals surface area contributed by atoms with E-state index in [1.807, 2.05) is 19.3 Å². The summed E-state index contributed by atoms with van der Waals surface area (Å²) in [6.07, 6.45) is 7.66. The van der Waals surface area contributed by atoms with Gasteiger partial charge >= 0.3 is 0 Å². The number of hydrogen-bond donors (Lipinski definition) is 1. The maximum absolute atomic E-state index is 4.33. The monoisotopic (exact) mass is 205 g/mol. The molecule has 3 heteroatoms. The third kappa shape index (κ3) is 2.99. The first-order valence-corrected chi connectivity index (χ1v) is 5.75. The van der Waals surface area contributed by atoms with E-state index in [4.69, 9.17) is 0 Å². The normalized spacial score (nSPS) is 25.7. The molecule has 0 aromatic carbocycles. The van der Waals surface area contributed by atoms with Crippen molar-refractivity contribution in [1.82, 2.24) is 15.3 Å². The molecule has 2 rings (SSSR count). The third-order valence-corrected chi connectivity index (χ3v) is 3.10. The van der Waals surface area contributed by atoms with E-state index in [-0.39, 0.29) is 0 Å². The molecule has 0 spiro atoms. The van der Waals surface area contributed by atoms with E-state index in [0.717, 1.165) is 23.9 Å². The van der Waals surface area contributed by atoms with Gasteiger partial charge in [0.1, 0.15) is 0 Å². The molecule has 1 saturated carbocycles. The molecule has 1 aromatic rings. The Morgan fingerprint density at radius 1 is 1.33 bits per heavy atom. The van der Waals surface area contributed by atoms with Gasteiger partial charge in [0.2, 0.25) is 0 Å². The summed E-state index contributed by atoms with van der Waals surface area (Å²) in [5.74, 6) is 0.881. The van der Waals surface area contributed by atoms with Gasteiger partial charge in [-0.1, -0.05) is 6.92 Å². The number of aromatic nitrogens is 2. The van der Waals surface area contributed by atoms with Crippen molar-refractivity contribution in [1.29, 1.82) is 0 Å². The molecule has 0 radical (unpaired) electrons. The Hall–Kier alpha value is -0.960. The lowest BCUT2D eigenvalue weighted by molar-refractivity contribution is 0.498. The summed E-state index contributed by atoms with van der Waals surface area (Å²) in [5.41, 5.74) is 2.02. The highest BCUT2D eigenvalue weighted by Gasteiger charge is 2.20. The van der Waals surface area contributed by atoms with Gasteiger partial charge in [0.15, 0.2) is 0 Å². The van der Waals surface area contributed by atoms with Gasteiger partial charge in [-0.25, -0.2) is 0 Å². The number of rotatable bonds is 3. The van der Waals surface area contributed by atoms with Gasteiger partial charge in [-0.15, -0.1) is 0 Å². The van der Waals surface area contributed by atoms with E-state index in [1.165, 1.54) is 19.3 Å². The quantitative estimate of drug-likeness (QED) is 0.820. The summed E-state index contributed by atoms with van der Waals surface area (Å²) in [6.45, 7) is 5.14. The lowest BCUT2D eigenvalue weighted by atomic mass is 10.1. The topological polar surface area (TPSA) is 37.8 Å². The Bertz CT molecular complexity index is 307. The molecule has 82 valence electrons. The van der Waals surface area contributed by atoms with E-state index in [9.17, 15) is 0 Å². The summed E-state index contributed by atoms with van der Waals surface area (Å²) >= 11 is 0. The molecule has 2 unspecified atom stereocenters. The summed E-state index contributed by atoms with van der Waals surface area (Å²) in [6, 6.07) is 0.683. The van der Waals surface area contributed by atoms with Crippen LogP contribution in [-0.2, 0) is 6.54 Å². The minimum Gasteiger partial charge on any atom is -0.308 e. The minimum atomic E-state index is 0.683. The highest BCUT2D eigenvalue weighted by molar-refractivity contribution is 5.00. The van der Waals surface area contributed by atoms with Gasteiger partial charge in [-0.05, 0) is 32.1 Å². The van der Waals surface area contributed by atoms with E-state index >= 15 is 0 Å². The van der Waals surface area contributed by atoms with Crippen LogP contribution in [0.3, 0.4) is 0 Å². The Labute approximate surface area is 91.3 Å². The van der Waals surface area contributed by atoms with Crippen molar-refractivity contribution >= 4 is 0 Å². The molecule has 1 aromatic heterocycles. The number of hydrogen-bond acceptors (Lipinski definition) is 3. The Morgan fingerprint density at radius 2 is 2.20 bits per heavy atom. The molecular weight excluding hydrogens is 186 g/mol. The average molecular weight is 205 g/mol. The highest BCUT2D eigenvalue weighted by Crippen LogP contribution is 2.24. The van der Waals surface area contributed by atoms with Crippen molar-refractivity contribution in [2.24, 2.45) is 5.92 Å². The first-order valence-electron chi connectivity index (χ1n) is 5.75. The fourth-order valence-electron chi connectivity index (χ4n) is 2.15. The van der Waals surface area contributed by atoms with E-state index in [2.05, 4.69) is 22.2 Å². The van der Waals surface area contributed by atoms with Crippen molar-refractivity contribution in [3.63, 3.8) is 0 Å². The van der Waals surface area contributed by atoms with Crippen molar-refractivity contribution < 1.29 is 0 Å². The summed E-state index contributed by atoms with van der Waals surface area (Å²) in [4.78, 5) is 8.57. The number of nitrogens with zero attached hydrogens (tertiary/aromatic N) is 2. The molecule has 15 heavy (non-hydrogen) atoms. The molecule has 3 nitrogen and oxygen atoms in total. The minimum absolute atomic E-state index is 0.683. The van der Waals surface area contributed by atoms with Gasteiger partial charge < -0.3 is 5.32 Å². The SMILES string of the molecule is Cc1cnc(CNC2CCC(C)C2)cn1. The maximum Gasteiger partial charge on any atom is 0.0724 e. The molecule has 0 aliphatic heterocycles. The van der Waals surface area contributed by atoms with Gasteiger partial charge in [0.25, 0.3) is 0 Å². The van der Waals surface area contributed by atoms with E-state index in [0.29, 0.717) is 6.04 Å². The lowest BCUT2D eigenvalue weighted by Crippen LogP contribution is -2.26. The zero-order valence-electron chi connectivity index (χ0n) is 9.53. The van der Waals surface area contributed by atoms with Crippen LogP contribution in [0.5, 0.6) is 0 Å². The van der Waals surface area contributed by atoms with Crippen LogP contribution in [-0.4, -0.2) is 16.0 Å². The van der Waals surface area contributed by atoms with Crippen LogP contribution in [0.2, 0.25) is 0 Å². The molecule has 0 amide bonds. The second-order valence-corrected chi connectivity index (χ2v) is 4.65. The number of nitrogens with one attached hydrogen (secondary N) is 1. The van der Waals surface area contributed by atoms with Crippen LogP contribution in [0.1, 0.15) is 37.6 Å². The fourth-order valence-corrected chi connectivity index (χ4v) is 2.15. The van der Waals surface area contributed by atoms with Crippen LogP contribution < -0.4 is 5.32 Å². The smallest absolute Gasteiger partial charge is 0.0724 e. The molecule has 1 aliphatic rings. The van der Waals surface area contributed by atoms with Crippen molar-refractivity contribution in [3.8, 4) is 0 Å². The predicted octanol–water partition coefficient (Wildman–Crippen LogP) is 2.06. The molecule has 0 saturated heterocycles. The Morgan fingerprint density at radius 3 is 2.80 bits per heavy atom. The highest BCUT2D eigenvalue weighted by atomic mass is 14.9. The van der Waals surface area contributed by atoms with Gasteiger partial charge in [-0.3, -0.25) is 9.97 Å². The third-order valence-electron chi connectivity index (χ3n) is 3.10. The predicted molar refractivity (Wildman–Crippen MR) is 60.4 cm³/mol. The summed E-state index contributed by atoms with van der Waals surface area (Å²) in [5, 5.41) is 3.55. The molecule has 1 N–H and O–H groups in total. The van der Waals surface area contributed by atoms with Crippen molar-refractivity contribution in [3.05, 3.63) is 23.8 Å². The van der Waals surface area contributed by atoms with Crippen LogP contribution >= 0.6 is 0 Å². The average Bonchev–Trinajstić information content (AvgIpc) is 2.64. The first kappa shape index (κ1) is 10.6. The zero-order valence-corrected chi connectivity index (χ0v) is 9.53. The second-order valence-electron chi connectivity index (χ2n) is 4.65. The molecule has 1 fully saturated rings. The Kier molecular flexibility index (Phi) is 3.31. The molecule has 2 atom stereocenters. The standard InChI is InChI=1S/C12H19N3/c1-9-3-4-11(5-9)15-8-12-7-13-10(2)6-14-12/h6-7,9,11,15H,3-5,8H2,1-2H3. The fraction of sp³-hybridized carbons (Fsp3) is 0.667. The van der Waals surface area contributed by atoms with Crippen LogP contribution in [0.25, 0.3) is 0 Å². The zero-order chi connectivity index (χ0) is 10.7. The van der Waals surface area contributed by atoms with Gasteiger partial charge in [0, 0.05) is 25.0 Å². The van der Waals surface area contributed by atoms with E-state index in [1.54, 1.807) is 0 Å². The van der Waals surface area contributed by atoms with E-state index < -0.39 is 0 Å². The van der Waals surface area contributed by atoms with Crippen LogP contribution in [0, 0.1) is 12.8 Å². The van der Waals surface area contributed by atoms with Crippen molar-refractivity contribution in [2.75, 3.05) is 0 Å². The van der Waals surface area contributed by atoms with Gasteiger partial charge in [-0.2, -0.15) is 0 Å². The van der Waals surface area contributed by atoms with Crippen LogP contribution in [0.15, 0.2) is 12.4 Å². The summed E-state index contributed by atoms with van der Waals surface area (Å²) < 4.78 is 0. The maximum atomic E-state index is 4.33. The van der Waals surface area contributed by atoms with Crippen molar-refractivity contribution in [2.45, 2.75) is 45.7 Å². The molecular formula is C12H19N3. The molecule has 1 aliphatic carbocycles. The summed E-state index contributed by atoms with van der Waals surface area (Å²) in [7, 11) is 0. The van der Waals surface area contributed by atoms with Gasteiger partial charge in [0.05, 0.1) is 11.4 Å². The first-order chi connectivity index (χ1) is 7.24. The Balaban J connectivity index is 1.80. The number of aryl methyl sites for hydroxylation is 1. The molecule has 1 heterocycles. The van der Waals surface area contributed by atoms with Crippen LogP contribution in [0.4, 0.5) is 0 Å².